The summed E-state index contributed by atoms with van der Waals surface area (Å²) in [6.07, 6.45) is 3.44. The number of aromatic nitrogens is 1. The molecule has 1 saturated carbocycles. The molecule has 3 nitrogen and oxygen atoms in total. The van der Waals surface area contributed by atoms with Crippen molar-refractivity contribution in [2.75, 3.05) is 5.43 Å². The van der Waals surface area contributed by atoms with E-state index in [2.05, 4.69) is 22.4 Å². The van der Waals surface area contributed by atoms with Crippen molar-refractivity contribution >= 4 is 33.8 Å². The van der Waals surface area contributed by atoms with Crippen LogP contribution in [-0.4, -0.2) is 10.7 Å². The molecule has 1 atom stereocenters. The number of thiazole rings is 1. The van der Waals surface area contributed by atoms with Crippen LogP contribution in [0.4, 0.5) is 5.13 Å². The third-order valence-corrected chi connectivity index (χ3v) is 4.46. The summed E-state index contributed by atoms with van der Waals surface area (Å²) < 4.78 is 0. The quantitative estimate of drug-likeness (QED) is 0.806. The molecule has 0 bridgehead atoms. The van der Waals surface area contributed by atoms with Gasteiger partial charge < -0.3 is 0 Å². The van der Waals surface area contributed by atoms with Crippen LogP contribution >= 0.6 is 22.9 Å². The minimum Gasteiger partial charge on any atom is -0.253 e. The van der Waals surface area contributed by atoms with Gasteiger partial charge in [0.05, 0.1) is 5.69 Å². The molecule has 1 N–H and O–H groups in total. The summed E-state index contributed by atoms with van der Waals surface area (Å²) in [6.45, 7) is 2.27. The average molecular weight is 306 g/mol. The molecule has 0 amide bonds. The van der Waals surface area contributed by atoms with Crippen LogP contribution < -0.4 is 5.43 Å². The van der Waals surface area contributed by atoms with Gasteiger partial charge >= 0.3 is 0 Å². The van der Waals surface area contributed by atoms with Crippen molar-refractivity contribution in [1.82, 2.24) is 4.98 Å². The van der Waals surface area contributed by atoms with E-state index in [1.165, 1.54) is 12.1 Å². The molecule has 1 fully saturated rings. The predicted molar refractivity (Wildman–Crippen MR) is 86.6 cm³/mol. The number of hydrogen-bond acceptors (Lipinski definition) is 4. The number of hydrogen-bond donors (Lipinski definition) is 1. The van der Waals surface area contributed by atoms with Crippen molar-refractivity contribution < 1.29 is 0 Å². The summed E-state index contributed by atoms with van der Waals surface area (Å²) >= 11 is 7.46. The van der Waals surface area contributed by atoms with Crippen LogP contribution in [0.15, 0.2) is 34.7 Å². The summed E-state index contributed by atoms with van der Waals surface area (Å²) in [4.78, 5) is 4.55. The normalized spacial score (nSPS) is 20.5. The fourth-order valence-corrected chi connectivity index (χ4v) is 3.11. The van der Waals surface area contributed by atoms with E-state index in [9.17, 15) is 0 Å². The van der Waals surface area contributed by atoms with E-state index < -0.39 is 0 Å². The van der Waals surface area contributed by atoms with E-state index in [0.717, 1.165) is 40.2 Å². The molecule has 20 heavy (non-hydrogen) atoms. The topological polar surface area (TPSA) is 37.3 Å². The summed E-state index contributed by atoms with van der Waals surface area (Å²) in [5.41, 5.74) is 6.35. The third-order valence-electron chi connectivity index (χ3n) is 3.46. The Morgan fingerprint density at radius 3 is 2.85 bits per heavy atom. The Bertz CT molecular complexity index is 618. The van der Waals surface area contributed by atoms with Crippen molar-refractivity contribution in [2.45, 2.75) is 26.2 Å². The molecule has 1 aliphatic carbocycles. The number of rotatable bonds is 3. The minimum absolute atomic E-state index is 0.740. The van der Waals surface area contributed by atoms with E-state index >= 15 is 0 Å². The second-order valence-electron chi connectivity index (χ2n) is 5.18. The lowest BCUT2D eigenvalue weighted by atomic mass is 10.1. The van der Waals surface area contributed by atoms with Crippen molar-refractivity contribution in [3.8, 4) is 11.3 Å². The molecule has 0 saturated heterocycles. The molecular weight excluding hydrogens is 290 g/mol. The number of anilines is 1. The fraction of sp³-hybridized carbons (Fsp3) is 0.333. The van der Waals surface area contributed by atoms with E-state index in [0.29, 0.717) is 0 Å². The first-order valence-electron chi connectivity index (χ1n) is 6.73. The van der Waals surface area contributed by atoms with Gasteiger partial charge in [-0.3, -0.25) is 5.43 Å². The molecule has 0 unspecified atom stereocenters. The highest BCUT2D eigenvalue weighted by molar-refractivity contribution is 7.14. The second-order valence-corrected chi connectivity index (χ2v) is 6.48. The first-order valence-corrected chi connectivity index (χ1v) is 7.99. The molecular formula is C15H16ClN3S. The Labute approximate surface area is 127 Å². The fourth-order valence-electron chi connectivity index (χ4n) is 2.33. The van der Waals surface area contributed by atoms with Gasteiger partial charge in [-0.15, -0.1) is 11.3 Å². The molecule has 104 valence electrons. The number of benzene rings is 1. The van der Waals surface area contributed by atoms with Gasteiger partial charge in [0.25, 0.3) is 0 Å². The maximum Gasteiger partial charge on any atom is 0.203 e. The van der Waals surface area contributed by atoms with Crippen molar-refractivity contribution in [3.63, 3.8) is 0 Å². The summed E-state index contributed by atoms with van der Waals surface area (Å²) in [5.74, 6) is 0.761. The van der Waals surface area contributed by atoms with Crippen LogP contribution in [0.1, 0.15) is 26.2 Å². The second kappa shape index (κ2) is 5.94. The van der Waals surface area contributed by atoms with Crippen LogP contribution in [0.25, 0.3) is 11.3 Å². The van der Waals surface area contributed by atoms with Gasteiger partial charge in [-0.05, 0) is 37.3 Å². The Balaban J connectivity index is 1.69. The average Bonchev–Trinajstić information content (AvgIpc) is 3.06. The standard InChI is InChI=1S/C15H16ClN3S/c1-10-2-7-13(8-10)18-19-15-17-14(9-20-15)11-3-5-12(16)6-4-11/h3-6,9-10H,2,7-8H2,1H3,(H,17,19)/b18-13-/t10-/m1/s1. The van der Waals surface area contributed by atoms with E-state index in [-0.39, 0.29) is 0 Å². The Morgan fingerprint density at radius 1 is 1.35 bits per heavy atom. The van der Waals surface area contributed by atoms with Crippen molar-refractivity contribution in [1.29, 1.82) is 0 Å². The maximum atomic E-state index is 5.89. The van der Waals surface area contributed by atoms with Gasteiger partial charge in [-0.2, -0.15) is 5.10 Å². The summed E-state index contributed by atoms with van der Waals surface area (Å²) in [5, 5.41) is 8.06. The van der Waals surface area contributed by atoms with Gasteiger partial charge in [-0.1, -0.05) is 30.7 Å². The molecule has 0 aliphatic heterocycles. The monoisotopic (exact) mass is 305 g/mol. The summed E-state index contributed by atoms with van der Waals surface area (Å²) in [7, 11) is 0. The van der Waals surface area contributed by atoms with Crippen LogP contribution in [0.3, 0.4) is 0 Å². The highest BCUT2D eigenvalue weighted by Gasteiger charge is 2.16. The van der Waals surface area contributed by atoms with Gasteiger partial charge in [0.1, 0.15) is 0 Å². The van der Waals surface area contributed by atoms with Gasteiger partial charge in [0, 0.05) is 21.7 Å². The zero-order valence-corrected chi connectivity index (χ0v) is 12.8. The van der Waals surface area contributed by atoms with Crippen LogP contribution in [-0.2, 0) is 0 Å². The smallest absolute Gasteiger partial charge is 0.203 e. The number of halogens is 1. The number of nitrogens with one attached hydrogen (secondary N) is 1. The molecule has 5 heteroatoms. The van der Waals surface area contributed by atoms with E-state index in [1.54, 1.807) is 11.3 Å². The molecule has 3 rings (SSSR count). The number of nitrogens with zero attached hydrogens (tertiary/aromatic N) is 2. The molecule has 1 aromatic heterocycles. The van der Waals surface area contributed by atoms with Gasteiger partial charge in [0.15, 0.2) is 0 Å². The number of hydrazone groups is 1. The molecule has 0 radical (unpaired) electrons. The third kappa shape index (κ3) is 3.19. The van der Waals surface area contributed by atoms with Crippen molar-refractivity contribution in [3.05, 3.63) is 34.7 Å². The molecule has 0 spiro atoms. The molecule has 1 aromatic carbocycles. The lowest BCUT2D eigenvalue weighted by Crippen LogP contribution is -1.97. The lowest BCUT2D eigenvalue weighted by molar-refractivity contribution is 0.623. The van der Waals surface area contributed by atoms with Crippen molar-refractivity contribution in [2.24, 2.45) is 11.0 Å². The van der Waals surface area contributed by atoms with Crippen LogP contribution in [0.5, 0.6) is 0 Å². The zero-order valence-electron chi connectivity index (χ0n) is 11.3. The van der Waals surface area contributed by atoms with E-state index in [1.807, 2.05) is 29.6 Å². The predicted octanol–water partition coefficient (Wildman–Crippen LogP) is 5.05. The Hall–Kier alpha value is -1.39. The molecule has 2 aromatic rings. The zero-order chi connectivity index (χ0) is 13.9. The first kappa shape index (κ1) is 13.6. The largest absolute Gasteiger partial charge is 0.253 e. The highest BCUT2D eigenvalue weighted by atomic mass is 35.5. The SMILES string of the molecule is C[C@@H]1CC/C(=N/Nc2nc(-c3ccc(Cl)cc3)cs2)C1. The lowest BCUT2D eigenvalue weighted by Gasteiger charge is -1.98. The van der Waals surface area contributed by atoms with E-state index in [4.69, 9.17) is 11.6 Å². The molecule has 1 aliphatic rings. The first-order chi connectivity index (χ1) is 9.70. The van der Waals surface area contributed by atoms with Gasteiger partial charge in [-0.25, -0.2) is 4.98 Å². The Kier molecular flexibility index (Phi) is 4.03. The van der Waals surface area contributed by atoms with Crippen LogP contribution in [0, 0.1) is 5.92 Å². The maximum absolute atomic E-state index is 5.89. The molecule has 1 heterocycles. The van der Waals surface area contributed by atoms with Crippen LogP contribution in [0.2, 0.25) is 5.02 Å². The minimum atomic E-state index is 0.740. The summed E-state index contributed by atoms with van der Waals surface area (Å²) in [6, 6.07) is 7.71. The highest BCUT2D eigenvalue weighted by Crippen LogP contribution is 2.27. The Morgan fingerprint density at radius 2 is 2.15 bits per heavy atom. The van der Waals surface area contributed by atoms with Gasteiger partial charge in [0.2, 0.25) is 5.13 Å².